The first-order valence-corrected chi connectivity index (χ1v) is 4.77. The number of hydrogen-bond acceptors (Lipinski definition) is 2. The lowest BCUT2D eigenvalue weighted by Crippen LogP contribution is -2.10. The molecular weight excluding hydrogens is 181 g/mol. The van der Waals surface area contributed by atoms with Crippen molar-refractivity contribution in [3.05, 3.63) is 35.1 Å². The average Bonchev–Trinajstić information content (AvgIpc) is 2.18. The number of nitrogens with two attached hydrogens (primary N) is 1. The summed E-state index contributed by atoms with van der Waals surface area (Å²) in [4.78, 5) is 0. The van der Waals surface area contributed by atoms with E-state index < -0.39 is 0 Å². The van der Waals surface area contributed by atoms with Gasteiger partial charge >= 0.3 is 0 Å². The number of ether oxygens (including phenoxy) is 1. The highest BCUT2D eigenvalue weighted by molar-refractivity contribution is 5.23. The van der Waals surface area contributed by atoms with E-state index in [1.54, 1.807) is 13.0 Å². The molecule has 0 saturated heterocycles. The van der Waals surface area contributed by atoms with Gasteiger partial charge in [0.05, 0.1) is 13.2 Å². The molecule has 0 fully saturated rings. The third-order valence-corrected chi connectivity index (χ3v) is 2.02. The Balaban J connectivity index is 2.39. The van der Waals surface area contributed by atoms with Crippen LogP contribution in [0.3, 0.4) is 0 Å². The topological polar surface area (TPSA) is 35.2 Å². The quantitative estimate of drug-likeness (QED) is 0.728. The number of rotatable bonds is 5. The molecule has 0 heterocycles. The highest BCUT2D eigenvalue weighted by Gasteiger charge is 1.98. The predicted molar refractivity (Wildman–Crippen MR) is 54.7 cm³/mol. The first-order chi connectivity index (χ1) is 6.74. The van der Waals surface area contributed by atoms with Gasteiger partial charge in [-0.1, -0.05) is 12.1 Å². The fourth-order valence-corrected chi connectivity index (χ4v) is 1.24. The maximum absolute atomic E-state index is 12.9. The Hall–Kier alpha value is -0.930. The van der Waals surface area contributed by atoms with Crippen LogP contribution in [-0.2, 0) is 11.2 Å². The van der Waals surface area contributed by atoms with Crippen LogP contribution in [0.25, 0.3) is 0 Å². The highest BCUT2D eigenvalue weighted by atomic mass is 19.1. The third kappa shape index (κ3) is 3.44. The minimum absolute atomic E-state index is 0.156. The van der Waals surface area contributed by atoms with E-state index >= 15 is 0 Å². The number of benzene rings is 1. The van der Waals surface area contributed by atoms with Gasteiger partial charge in [-0.05, 0) is 30.5 Å². The molecule has 0 aromatic heterocycles. The summed E-state index contributed by atoms with van der Waals surface area (Å²) in [6, 6.07) is 5.13. The molecule has 14 heavy (non-hydrogen) atoms. The molecule has 0 saturated carbocycles. The first-order valence-electron chi connectivity index (χ1n) is 4.77. The van der Waals surface area contributed by atoms with Crippen LogP contribution in [0.1, 0.15) is 11.1 Å². The summed E-state index contributed by atoms with van der Waals surface area (Å²) >= 11 is 0. The maximum Gasteiger partial charge on any atom is 0.126 e. The van der Waals surface area contributed by atoms with Crippen LogP contribution in [0.5, 0.6) is 0 Å². The zero-order valence-electron chi connectivity index (χ0n) is 8.42. The van der Waals surface area contributed by atoms with Crippen LogP contribution in [0, 0.1) is 12.7 Å². The van der Waals surface area contributed by atoms with Crippen LogP contribution >= 0.6 is 0 Å². The Morgan fingerprint density at radius 1 is 1.36 bits per heavy atom. The van der Waals surface area contributed by atoms with Crippen molar-refractivity contribution in [3.8, 4) is 0 Å². The normalized spacial score (nSPS) is 10.5. The molecule has 3 heteroatoms. The molecule has 1 aromatic carbocycles. The molecule has 0 aliphatic rings. The lowest BCUT2D eigenvalue weighted by molar-refractivity contribution is 0.144. The smallest absolute Gasteiger partial charge is 0.126 e. The van der Waals surface area contributed by atoms with Gasteiger partial charge in [0.2, 0.25) is 0 Å². The second-order valence-corrected chi connectivity index (χ2v) is 3.23. The summed E-state index contributed by atoms with van der Waals surface area (Å²) < 4.78 is 18.1. The van der Waals surface area contributed by atoms with Gasteiger partial charge in [0.25, 0.3) is 0 Å². The summed E-state index contributed by atoms with van der Waals surface area (Å²) in [5.41, 5.74) is 7.06. The fraction of sp³-hybridized carbons (Fsp3) is 0.455. The molecule has 78 valence electrons. The van der Waals surface area contributed by atoms with Gasteiger partial charge in [-0.2, -0.15) is 0 Å². The molecule has 0 bridgehead atoms. The van der Waals surface area contributed by atoms with Crippen molar-refractivity contribution in [3.63, 3.8) is 0 Å². The number of aryl methyl sites for hydroxylation is 1. The molecular formula is C11H16FNO. The average molecular weight is 197 g/mol. The van der Waals surface area contributed by atoms with Gasteiger partial charge in [-0.25, -0.2) is 4.39 Å². The summed E-state index contributed by atoms with van der Waals surface area (Å²) in [6.07, 6.45) is 0.807. The second-order valence-electron chi connectivity index (χ2n) is 3.23. The molecule has 0 atom stereocenters. The molecule has 0 aliphatic carbocycles. The molecule has 0 unspecified atom stereocenters. The Morgan fingerprint density at radius 2 is 2.14 bits per heavy atom. The van der Waals surface area contributed by atoms with Crippen LogP contribution < -0.4 is 5.73 Å². The van der Waals surface area contributed by atoms with Gasteiger partial charge in [-0.15, -0.1) is 0 Å². The van der Waals surface area contributed by atoms with Crippen LogP contribution in [-0.4, -0.2) is 19.8 Å². The number of halogens is 1. The van der Waals surface area contributed by atoms with E-state index in [1.165, 1.54) is 6.07 Å². The van der Waals surface area contributed by atoms with E-state index in [2.05, 4.69) is 0 Å². The van der Waals surface area contributed by atoms with E-state index in [1.807, 2.05) is 6.07 Å². The van der Waals surface area contributed by atoms with Crippen molar-refractivity contribution in [2.75, 3.05) is 19.8 Å². The van der Waals surface area contributed by atoms with E-state index in [-0.39, 0.29) is 5.82 Å². The monoisotopic (exact) mass is 197 g/mol. The van der Waals surface area contributed by atoms with Crippen molar-refractivity contribution in [2.24, 2.45) is 5.73 Å². The Labute approximate surface area is 83.9 Å². The van der Waals surface area contributed by atoms with Crippen LogP contribution in [0.2, 0.25) is 0 Å². The van der Waals surface area contributed by atoms with E-state index in [4.69, 9.17) is 10.5 Å². The van der Waals surface area contributed by atoms with Crippen molar-refractivity contribution in [2.45, 2.75) is 13.3 Å². The van der Waals surface area contributed by atoms with E-state index in [0.717, 1.165) is 12.0 Å². The standard InChI is InChI=1S/C11H16FNO/c1-9-8-10(2-3-11(9)12)4-6-14-7-5-13/h2-3,8H,4-7,13H2,1H3. The Kier molecular flexibility index (Phi) is 4.56. The Morgan fingerprint density at radius 3 is 2.79 bits per heavy atom. The largest absolute Gasteiger partial charge is 0.380 e. The summed E-state index contributed by atoms with van der Waals surface area (Å²) in [6.45, 7) is 3.53. The molecule has 0 radical (unpaired) electrons. The van der Waals surface area contributed by atoms with Crippen molar-refractivity contribution < 1.29 is 9.13 Å². The fourth-order valence-electron chi connectivity index (χ4n) is 1.24. The van der Waals surface area contributed by atoms with Gasteiger partial charge in [-0.3, -0.25) is 0 Å². The van der Waals surface area contributed by atoms with Gasteiger partial charge in [0.1, 0.15) is 5.82 Å². The molecule has 2 N–H and O–H groups in total. The number of hydrogen-bond donors (Lipinski definition) is 1. The molecule has 2 nitrogen and oxygen atoms in total. The second kappa shape index (κ2) is 5.73. The third-order valence-electron chi connectivity index (χ3n) is 2.02. The lowest BCUT2D eigenvalue weighted by atomic mass is 10.1. The molecule has 0 amide bonds. The highest BCUT2D eigenvalue weighted by Crippen LogP contribution is 2.09. The van der Waals surface area contributed by atoms with Gasteiger partial charge in [0, 0.05) is 6.54 Å². The molecule has 1 rings (SSSR count). The van der Waals surface area contributed by atoms with Crippen LogP contribution in [0.15, 0.2) is 18.2 Å². The minimum Gasteiger partial charge on any atom is -0.380 e. The zero-order valence-corrected chi connectivity index (χ0v) is 8.42. The van der Waals surface area contributed by atoms with Crippen LogP contribution in [0.4, 0.5) is 4.39 Å². The zero-order chi connectivity index (χ0) is 10.4. The lowest BCUT2D eigenvalue weighted by Gasteiger charge is -2.04. The minimum atomic E-state index is -0.156. The van der Waals surface area contributed by atoms with Crippen molar-refractivity contribution in [1.82, 2.24) is 0 Å². The van der Waals surface area contributed by atoms with Gasteiger partial charge in [0.15, 0.2) is 0 Å². The first kappa shape index (κ1) is 11.1. The Bertz CT molecular complexity index is 289. The van der Waals surface area contributed by atoms with Crippen molar-refractivity contribution in [1.29, 1.82) is 0 Å². The predicted octanol–water partition coefficient (Wildman–Crippen LogP) is 1.65. The molecule has 0 aliphatic heterocycles. The SMILES string of the molecule is Cc1cc(CCOCCN)ccc1F. The molecule has 1 aromatic rings. The molecule has 0 spiro atoms. The van der Waals surface area contributed by atoms with Crippen molar-refractivity contribution >= 4 is 0 Å². The maximum atomic E-state index is 12.9. The van der Waals surface area contributed by atoms with E-state index in [0.29, 0.717) is 25.3 Å². The summed E-state index contributed by atoms with van der Waals surface area (Å²) in [7, 11) is 0. The van der Waals surface area contributed by atoms with Gasteiger partial charge < -0.3 is 10.5 Å². The summed E-state index contributed by atoms with van der Waals surface area (Å²) in [5, 5.41) is 0. The summed E-state index contributed by atoms with van der Waals surface area (Å²) in [5.74, 6) is -0.156. The van der Waals surface area contributed by atoms with E-state index in [9.17, 15) is 4.39 Å².